The summed E-state index contributed by atoms with van der Waals surface area (Å²) in [6.07, 6.45) is 6.23. The number of alkyl halides is 2. The van der Waals surface area contributed by atoms with Gasteiger partial charge in [-0.3, -0.25) is 14.9 Å². The molecular weight excluding hydrogens is 500 g/mol. The van der Waals surface area contributed by atoms with Crippen molar-refractivity contribution < 1.29 is 31.1 Å². The Kier molecular flexibility index (Phi) is 6.91. The molecule has 12 nitrogen and oxygen atoms in total. The molecule has 0 saturated carbocycles. The number of rotatable bonds is 10. The van der Waals surface area contributed by atoms with E-state index >= 15 is 0 Å². The molecule has 3 heterocycles. The number of aromatic nitrogens is 5. The first-order valence-electron chi connectivity index (χ1n) is 10.3. The highest BCUT2D eigenvalue weighted by atomic mass is 32.2. The number of nitrogens with two attached hydrogens (primary N) is 1. The minimum absolute atomic E-state index is 0.0275. The van der Waals surface area contributed by atoms with Gasteiger partial charge in [0.15, 0.2) is 11.9 Å². The smallest absolute Gasteiger partial charge is 0.337 e. The van der Waals surface area contributed by atoms with Crippen molar-refractivity contribution in [3.63, 3.8) is 0 Å². The number of nitrogens with one attached hydrogen (secondary N) is 2. The third kappa shape index (κ3) is 5.30. The molecule has 4 N–H and O–H groups in total. The summed E-state index contributed by atoms with van der Waals surface area (Å²) in [5.41, 5.74) is 6.02. The lowest BCUT2D eigenvalue weighted by molar-refractivity contribution is 0.100. The van der Waals surface area contributed by atoms with Crippen molar-refractivity contribution in [1.29, 1.82) is 0 Å². The van der Waals surface area contributed by atoms with Gasteiger partial charge in [-0.25, -0.2) is 18.4 Å². The van der Waals surface area contributed by atoms with Crippen molar-refractivity contribution in [2.45, 2.75) is 24.5 Å². The molecule has 36 heavy (non-hydrogen) atoms. The molecule has 1 atom stereocenters. The molecule has 0 unspecified atom stereocenters. The lowest BCUT2D eigenvalue weighted by Gasteiger charge is -2.17. The zero-order valence-corrected chi connectivity index (χ0v) is 19.4. The highest BCUT2D eigenvalue weighted by molar-refractivity contribution is 7.90. The van der Waals surface area contributed by atoms with Crippen LogP contribution in [0.4, 0.5) is 20.4 Å². The van der Waals surface area contributed by atoms with Crippen LogP contribution in [0.2, 0.25) is 0 Å². The number of hydrogen-bond donors (Lipinski definition) is 3. The Labute approximate surface area is 202 Å². The SMILES string of the molecule is C[C@@H](Oc1cc(-c2[nH]nc(Nc3cnccn3)c2C(N)=O)ccc1CS(=O)(=O)C(F)F)c1ncco1. The Morgan fingerprint density at radius 1 is 1.25 bits per heavy atom. The van der Waals surface area contributed by atoms with E-state index in [2.05, 4.69) is 30.5 Å². The largest absolute Gasteiger partial charge is 0.481 e. The zero-order valence-electron chi connectivity index (χ0n) is 18.6. The summed E-state index contributed by atoms with van der Waals surface area (Å²) in [5.74, 6) is -4.88. The minimum atomic E-state index is -4.76. The van der Waals surface area contributed by atoms with Crippen LogP contribution in [-0.2, 0) is 15.6 Å². The van der Waals surface area contributed by atoms with Crippen molar-refractivity contribution in [3.8, 4) is 17.0 Å². The number of oxazole rings is 1. The van der Waals surface area contributed by atoms with E-state index in [0.29, 0.717) is 11.4 Å². The molecule has 0 radical (unpaired) electrons. The molecule has 0 bridgehead atoms. The predicted octanol–water partition coefficient (Wildman–Crippen LogP) is 2.97. The Hall–Kier alpha value is -4.40. The Morgan fingerprint density at radius 3 is 2.69 bits per heavy atom. The Bertz CT molecular complexity index is 1460. The second kappa shape index (κ2) is 10.1. The van der Waals surface area contributed by atoms with Gasteiger partial charge in [-0.2, -0.15) is 13.9 Å². The van der Waals surface area contributed by atoms with Crippen LogP contribution < -0.4 is 15.8 Å². The molecule has 0 aliphatic heterocycles. The average Bonchev–Trinajstić information content (AvgIpc) is 3.51. The molecule has 188 valence electrons. The number of H-pyrrole nitrogens is 1. The number of amides is 1. The average molecular weight is 519 g/mol. The van der Waals surface area contributed by atoms with Crippen molar-refractivity contribution in [2.24, 2.45) is 5.73 Å². The van der Waals surface area contributed by atoms with Crippen LogP contribution in [0.5, 0.6) is 5.75 Å². The van der Waals surface area contributed by atoms with Gasteiger partial charge in [0.2, 0.25) is 15.7 Å². The van der Waals surface area contributed by atoms with Crippen LogP contribution in [0.3, 0.4) is 0 Å². The second-order valence-electron chi connectivity index (χ2n) is 7.42. The van der Waals surface area contributed by atoms with Gasteiger partial charge in [-0.1, -0.05) is 12.1 Å². The number of halogens is 2. The fourth-order valence-electron chi connectivity index (χ4n) is 3.26. The molecule has 0 fully saturated rings. The molecule has 3 aromatic heterocycles. The molecule has 15 heteroatoms. The minimum Gasteiger partial charge on any atom is -0.481 e. The number of anilines is 2. The molecular formula is C21H19F2N7O5S. The van der Waals surface area contributed by atoms with Gasteiger partial charge in [-0.05, 0) is 13.0 Å². The van der Waals surface area contributed by atoms with Crippen molar-refractivity contribution in [3.05, 3.63) is 66.3 Å². The van der Waals surface area contributed by atoms with E-state index in [-0.39, 0.29) is 34.3 Å². The van der Waals surface area contributed by atoms with Crippen LogP contribution in [0.15, 0.2) is 53.7 Å². The van der Waals surface area contributed by atoms with E-state index in [0.717, 1.165) is 0 Å². The number of benzene rings is 1. The summed E-state index contributed by atoms with van der Waals surface area (Å²) in [5, 5.41) is 9.61. The number of nitrogens with zero attached hydrogens (tertiary/aromatic N) is 4. The third-order valence-corrected chi connectivity index (χ3v) is 6.17. The molecule has 0 spiro atoms. The molecule has 4 aromatic rings. The first-order valence-corrected chi connectivity index (χ1v) is 12.0. The number of primary amides is 1. The number of carbonyl (C=O) groups excluding carboxylic acids is 1. The van der Waals surface area contributed by atoms with Crippen LogP contribution in [0.1, 0.15) is 34.8 Å². The van der Waals surface area contributed by atoms with E-state index in [1.807, 2.05) is 0 Å². The molecule has 1 amide bonds. The lowest BCUT2D eigenvalue weighted by Crippen LogP contribution is -2.15. The van der Waals surface area contributed by atoms with Gasteiger partial charge in [0.1, 0.15) is 23.4 Å². The quantitative estimate of drug-likeness (QED) is 0.282. The van der Waals surface area contributed by atoms with E-state index < -0.39 is 33.4 Å². The highest BCUT2D eigenvalue weighted by Crippen LogP contribution is 2.34. The number of carbonyl (C=O) groups is 1. The van der Waals surface area contributed by atoms with Crippen molar-refractivity contribution in [1.82, 2.24) is 25.1 Å². The molecule has 0 aliphatic carbocycles. The summed E-state index contributed by atoms with van der Waals surface area (Å²) in [6.45, 7) is 1.58. The fraction of sp³-hybridized carbons (Fsp3) is 0.190. The maximum atomic E-state index is 13.0. The number of hydrogen-bond acceptors (Lipinski definition) is 10. The maximum Gasteiger partial charge on any atom is 0.337 e. The van der Waals surface area contributed by atoms with Crippen LogP contribution in [-0.4, -0.2) is 45.2 Å². The standard InChI is InChI=1S/C21H19F2N7O5S/c1-11(20-27-6-7-34-20)35-14-8-12(2-3-13(14)10-36(32,33)21(22)23)17-16(18(24)31)19(30-29-17)28-15-9-25-4-5-26-15/h2-9,11,21H,10H2,1H3,(H2,24,31)(H2,26,28,29,30)/t11-/m1/s1. The Balaban J connectivity index is 1.75. The fourth-order valence-corrected chi connectivity index (χ4v) is 4.06. The first kappa shape index (κ1) is 24.7. The molecule has 1 aromatic carbocycles. The number of sulfone groups is 1. The molecule has 0 aliphatic rings. The molecule has 0 saturated heterocycles. The third-order valence-electron chi connectivity index (χ3n) is 4.91. The van der Waals surface area contributed by atoms with Crippen LogP contribution >= 0.6 is 0 Å². The first-order chi connectivity index (χ1) is 17.2. The van der Waals surface area contributed by atoms with Crippen molar-refractivity contribution >= 4 is 27.4 Å². The monoisotopic (exact) mass is 519 g/mol. The normalized spacial score (nSPS) is 12.4. The Morgan fingerprint density at radius 2 is 2.06 bits per heavy atom. The van der Waals surface area contributed by atoms with E-state index in [4.69, 9.17) is 14.9 Å². The maximum absolute atomic E-state index is 13.0. The molecule has 4 rings (SSSR count). The van der Waals surface area contributed by atoms with Gasteiger partial charge in [0.05, 0.1) is 23.8 Å². The van der Waals surface area contributed by atoms with E-state index in [1.54, 1.807) is 6.92 Å². The van der Waals surface area contributed by atoms with E-state index in [1.165, 1.54) is 49.2 Å². The van der Waals surface area contributed by atoms with Gasteiger partial charge in [-0.15, -0.1) is 0 Å². The summed E-state index contributed by atoms with van der Waals surface area (Å²) in [4.78, 5) is 24.2. The highest BCUT2D eigenvalue weighted by Gasteiger charge is 2.28. The van der Waals surface area contributed by atoms with Crippen molar-refractivity contribution in [2.75, 3.05) is 5.32 Å². The summed E-state index contributed by atoms with van der Waals surface area (Å²) < 4.78 is 60.9. The van der Waals surface area contributed by atoms with Gasteiger partial charge < -0.3 is 20.2 Å². The summed E-state index contributed by atoms with van der Waals surface area (Å²) in [6, 6.07) is 4.10. The van der Waals surface area contributed by atoms with Gasteiger partial charge >= 0.3 is 5.76 Å². The van der Waals surface area contributed by atoms with Gasteiger partial charge in [0.25, 0.3) is 5.91 Å². The summed E-state index contributed by atoms with van der Waals surface area (Å²) >= 11 is 0. The van der Waals surface area contributed by atoms with Crippen LogP contribution in [0.25, 0.3) is 11.3 Å². The topological polar surface area (TPSA) is 179 Å². The van der Waals surface area contributed by atoms with Gasteiger partial charge in [0, 0.05) is 23.5 Å². The van der Waals surface area contributed by atoms with E-state index in [9.17, 15) is 22.0 Å². The lowest BCUT2D eigenvalue weighted by atomic mass is 10.0. The zero-order chi connectivity index (χ0) is 25.9. The second-order valence-corrected chi connectivity index (χ2v) is 9.39. The number of aromatic amines is 1. The van der Waals surface area contributed by atoms with Crippen LogP contribution in [0, 0.1) is 0 Å². The summed E-state index contributed by atoms with van der Waals surface area (Å²) in [7, 11) is -4.76. The predicted molar refractivity (Wildman–Crippen MR) is 122 cm³/mol. The number of ether oxygens (including phenoxy) is 1.